The largest absolute Gasteiger partial charge is 0.417 e. The highest BCUT2D eigenvalue weighted by Crippen LogP contribution is 2.36. The van der Waals surface area contributed by atoms with Gasteiger partial charge in [-0.1, -0.05) is 23.2 Å². The maximum absolute atomic E-state index is 12.8. The molecule has 3 rings (SSSR count). The number of alkyl halides is 3. The van der Waals surface area contributed by atoms with Crippen molar-refractivity contribution in [1.29, 1.82) is 0 Å². The highest BCUT2D eigenvalue weighted by atomic mass is 35.5. The van der Waals surface area contributed by atoms with Gasteiger partial charge in [-0.2, -0.15) is 13.2 Å². The van der Waals surface area contributed by atoms with Crippen LogP contribution < -0.4 is 5.32 Å². The number of imidazole rings is 1. The number of nitrogens with one attached hydrogen (secondary N) is 2. The second-order valence-corrected chi connectivity index (χ2v) is 5.41. The standard InChI is InChI=1S/C14H8Cl2F3N3.ClH/c15-7-1-4-11-12(5-7)22-13(21-11)20-8-2-3-10(16)9(6-8)14(17,18)19;/h1-6H,(H2,20,21,22);1H. The first kappa shape index (κ1) is 17.7. The van der Waals surface area contributed by atoms with E-state index in [-0.39, 0.29) is 23.1 Å². The van der Waals surface area contributed by atoms with Crippen LogP contribution >= 0.6 is 35.6 Å². The average molecular weight is 383 g/mol. The summed E-state index contributed by atoms with van der Waals surface area (Å²) in [5.74, 6) is 0.313. The number of aromatic nitrogens is 2. The molecule has 23 heavy (non-hydrogen) atoms. The quantitative estimate of drug-likeness (QED) is 0.566. The lowest BCUT2D eigenvalue weighted by Crippen LogP contribution is -2.06. The van der Waals surface area contributed by atoms with E-state index in [1.807, 2.05) is 0 Å². The Morgan fingerprint density at radius 3 is 2.48 bits per heavy atom. The van der Waals surface area contributed by atoms with E-state index in [0.29, 0.717) is 22.0 Å². The number of anilines is 2. The molecule has 2 aromatic carbocycles. The molecule has 0 aliphatic carbocycles. The summed E-state index contributed by atoms with van der Waals surface area (Å²) in [4.78, 5) is 7.16. The molecule has 0 fully saturated rings. The summed E-state index contributed by atoms with van der Waals surface area (Å²) in [5.41, 5.74) is 0.650. The summed E-state index contributed by atoms with van der Waals surface area (Å²) in [5, 5.41) is 2.97. The van der Waals surface area contributed by atoms with E-state index >= 15 is 0 Å². The molecule has 0 saturated carbocycles. The van der Waals surface area contributed by atoms with Gasteiger partial charge in [-0.15, -0.1) is 12.4 Å². The fraction of sp³-hybridized carbons (Fsp3) is 0.0714. The van der Waals surface area contributed by atoms with E-state index in [9.17, 15) is 13.2 Å². The molecule has 0 aliphatic heterocycles. The molecule has 122 valence electrons. The zero-order valence-corrected chi connectivity index (χ0v) is 13.5. The number of aromatic amines is 1. The molecule has 0 amide bonds. The van der Waals surface area contributed by atoms with Crippen molar-refractivity contribution in [2.45, 2.75) is 6.18 Å². The van der Waals surface area contributed by atoms with Gasteiger partial charge < -0.3 is 10.3 Å². The lowest BCUT2D eigenvalue weighted by atomic mass is 10.2. The second kappa shape index (κ2) is 6.47. The molecule has 0 spiro atoms. The van der Waals surface area contributed by atoms with E-state index in [0.717, 1.165) is 6.07 Å². The fourth-order valence-corrected chi connectivity index (χ4v) is 2.39. The third-order valence-electron chi connectivity index (χ3n) is 2.98. The highest BCUT2D eigenvalue weighted by Gasteiger charge is 2.33. The smallest absolute Gasteiger partial charge is 0.326 e. The lowest BCUT2D eigenvalue weighted by Gasteiger charge is -2.11. The van der Waals surface area contributed by atoms with Crippen molar-refractivity contribution in [2.24, 2.45) is 0 Å². The SMILES string of the molecule is Cl.FC(F)(F)c1cc(Nc2nc3ccc(Cl)cc3[nH]2)ccc1Cl. The normalized spacial score (nSPS) is 11.3. The topological polar surface area (TPSA) is 40.7 Å². The van der Waals surface area contributed by atoms with Gasteiger partial charge in [0.15, 0.2) is 0 Å². The van der Waals surface area contributed by atoms with Crippen LogP contribution in [-0.4, -0.2) is 9.97 Å². The molecule has 0 saturated heterocycles. The minimum absolute atomic E-state index is 0. The molecule has 2 N–H and O–H groups in total. The molecule has 0 unspecified atom stereocenters. The number of halogens is 6. The highest BCUT2D eigenvalue weighted by molar-refractivity contribution is 6.31. The van der Waals surface area contributed by atoms with Crippen molar-refractivity contribution in [2.75, 3.05) is 5.32 Å². The third kappa shape index (κ3) is 3.83. The Morgan fingerprint density at radius 2 is 1.78 bits per heavy atom. The summed E-state index contributed by atoms with van der Waals surface area (Å²) in [7, 11) is 0. The van der Waals surface area contributed by atoms with E-state index in [1.165, 1.54) is 12.1 Å². The minimum Gasteiger partial charge on any atom is -0.326 e. The van der Waals surface area contributed by atoms with Crippen LogP contribution in [-0.2, 0) is 6.18 Å². The monoisotopic (exact) mass is 381 g/mol. The van der Waals surface area contributed by atoms with Crippen LogP contribution in [0.1, 0.15) is 5.56 Å². The summed E-state index contributed by atoms with van der Waals surface area (Å²) in [6.45, 7) is 0. The van der Waals surface area contributed by atoms with Crippen molar-refractivity contribution >= 4 is 58.3 Å². The van der Waals surface area contributed by atoms with Crippen LogP contribution in [0, 0.1) is 0 Å². The van der Waals surface area contributed by atoms with Gasteiger partial charge in [0.1, 0.15) is 0 Å². The molecule has 0 atom stereocenters. The van der Waals surface area contributed by atoms with Crippen LogP contribution in [0.15, 0.2) is 36.4 Å². The fourth-order valence-electron chi connectivity index (χ4n) is 2.00. The van der Waals surface area contributed by atoms with Gasteiger partial charge in [0.2, 0.25) is 5.95 Å². The Balaban J connectivity index is 0.00000192. The van der Waals surface area contributed by atoms with E-state index in [4.69, 9.17) is 23.2 Å². The van der Waals surface area contributed by atoms with Gasteiger partial charge in [0, 0.05) is 10.7 Å². The molecular weight excluding hydrogens is 374 g/mol. The number of nitrogens with zero attached hydrogens (tertiary/aromatic N) is 1. The Bertz CT molecular complexity index is 846. The molecule has 0 radical (unpaired) electrons. The number of fused-ring (bicyclic) bond motifs is 1. The molecule has 3 aromatic rings. The summed E-state index contributed by atoms with van der Waals surface area (Å²) in [6, 6.07) is 8.63. The first-order valence-electron chi connectivity index (χ1n) is 6.12. The van der Waals surface area contributed by atoms with E-state index in [2.05, 4.69) is 15.3 Å². The van der Waals surface area contributed by atoms with Crippen molar-refractivity contribution in [3.63, 3.8) is 0 Å². The van der Waals surface area contributed by atoms with Gasteiger partial charge in [-0.05, 0) is 36.4 Å². The zero-order chi connectivity index (χ0) is 15.9. The molecule has 0 aliphatic rings. The van der Waals surface area contributed by atoms with Gasteiger partial charge in [0.05, 0.1) is 21.6 Å². The van der Waals surface area contributed by atoms with Crippen molar-refractivity contribution in [3.8, 4) is 0 Å². The van der Waals surface area contributed by atoms with Gasteiger partial charge >= 0.3 is 6.18 Å². The molecule has 1 aromatic heterocycles. The molecule has 3 nitrogen and oxygen atoms in total. The summed E-state index contributed by atoms with van der Waals surface area (Å²) >= 11 is 11.4. The van der Waals surface area contributed by atoms with Crippen LogP contribution in [0.2, 0.25) is 10.0 Å². The molecule has 0 bridgehead atoms. The Morgan fingerprint density at radius 1 is 1.04 bits per heavy atom. The molecular formula is C14H9Cl3F3N3. The maximum atomic E-state index is 12.8. The average Bonchev–Trinajstić information content (AvgIpc) is 2.81. The number of hydrogen-bond donors (Lipinski definition) is 2. The van der Waals surface area contributed by atoms with Crippen LogP contribution in [0.3, 0.4) is 0 Å². The van der Waals surface area contributed by atoms with Crippen LogP contribution in [0.4, 0.5) is 24.8 Å². The first-order chi connectivity index (χ1) is 10.3. The second-order valence-electron chi connectivity index (χ2n) is 4.56. The summed E-state index contributed by atoms with van der Waals surface area (Å²) in [6.07, 6.45) is -4.52. The number of rotatable bonds is 2. The zero-order valence-electron chi connectivity index (χ0n) is 11.2. The molecule has 1 heterocycles. The lowest BCUT2D eigenvalue weighted by molar-refractivity contribution is -0.137. The number of hydrogen-bond acceptors (Lipinski definition) is 2. The van der Waals surface area contributed by atoms with Crippen molar-refractivity contribution < 1.29 is 13.2 Å². The Kier molecular flexibility index (Phi) is 4.98. The predicted molar refractivity (Wildman–Crippen MR) is 88.1 cm³/mol. The Hall–Kier alpha value is -1.63. The number of benzene rings is 2. The summed E-state index contributed by atoms with van der Waals surface area (Å²) < 4.78 is 38.5. The first-order valence-corrected chi connectivity index (χ1v) is 6.87. The molecule has 9 heteroatoms. The predicted octanol–water partition coefficient (Wildman–Crippen LogP) is 6.05. The Labute approximate surface area is 145 Å². The van der Waals surface area contributed by atoms with Crippen LogP contribution in [0.25, 0.3) is 11.0 Å². The maximum Gasteiger partial charge on any atom is 0.417 e. The van der Waals surface area contributed by atoms with Crippen molar-refractivity contribution in [1.82, 2.24) is 9.97 Å². The van der Waals surface area contributed by atoms with Gasteiger partial charge in [-0.25, -0.2) is 4.98 Å². The third-order valence-corrected chi connectivity index (χ3v) is 3.54. The van der Waals surface area contributed by atoms with E-state index < -0.39 is 11.7 Å². The number of H-pyrrole nitrogens is 1. The minimum atomic E-state index is -4.52. The van der Waals surface area contributed by atoms with E-state index in [1.54, 1.807) is 18.2 Å². The van der Waals surface area contributed by atoms with Gasteiger partial charge in [0.25, 0.3) is 0 Å². The van der Waals surface area contributed by atoms with Crippen LogP contribution in [0.5, 0.6) is 0 Å². The van der Waals surface area contributed by atoms with Gasteiger partial charge in [-0.3, -0.25) is 0 Å². The van der Waals surface area contributed by atoms with Crippen molar-refractivity contribution in [3.05, 3.63) is 52.0 Å².